The van der Waals surface area contributed by atoms with E-state index >= 15 is 0 Å². The molecule has 4 heteroatoms. The lowest BCUT2D eigenvalue weighted by atomic mass is 10.2. The number of carbonyl (C=O) groups is 1. The van der Waals surface area contributed by atoms with Gasteiger partial charge >= 0.3 is 0 Å². The predicted molar refractivity (Wildman–Crippen MR) is 59.8 cm³/mol. The summed E-state index contributed by atoms with van der Waals surface area (Å²) >= 11 is 0. The van der Waals surface area contributed by atoms with Crippen molar-refractivity contribution in [2.45, 2.75) is 6.92 Å². The maximum atomic E-state index is 10.8. The van der Waals surface area contributed by atoms with E-state index in [1.807, 2.05) is 31.3 Å². The summed E-state index contributed by atoms with van der Waals surface area (Å²) in [6, 6.07) is 7.51. The van der Waals surface area contributed by atoms with Gasteiger partial charge < -0.3 is 15.8 Å². The summed E-state index contributed by atoms with van der Waals surface area (Å²) in [5.41, 5.74) is 6.14. The molecule has 1 aromatic rings. The number of rotatable bonds is 5. The zero-order valence-electron chi connectivity index (χ0n) is 8.99. The third-order valence-electron chi connectivity index (χ3n) is 2.13. The van der Waals surface area contributed by atoms with Crippen LogP contribution in [-0.4, -0.2) is 19.6 Å². The van der Waals surface area contributed by atoms with Crippen LogP contribution in [0.25, 0.3) is 0 Å². The highest BCUT2D eigenvalue weighted by Crippen LogP contribution is 2.15. The number of nitrogens with one attached hydrogen (secondary N) is 1. The van der Waals surface area contributed by atoms with Crippen molar-refractivity contribution >= 4 is 11.6 Å². The van der Waals surface area contributed by atoms with Crippen molar-refractivity contribution in [2.24, 2.45) is 11.7 Å². The van der Waals surface area contributed by atoms with E-state index in [1.54, 1.807) is 6.92 Å². The number of ether oxygens (including phenoxy) is 1. The first-order chi connectivity index (χ1) is 7.13. The van der Waals surface area contributed by atoms with Gasteiger partial charge in [-0.25, -0.2) is 0 Å². The first-order valence-corrected chi connectivity index (χ1v) is 4.83. The summed E-state index contributed by atoms with van der Waals surface area (Å²) in [6.45, 7) is 2.05. The number of amides is 1. The molecule has 0 fully saturated rings. The van der Waals surface area contributed by atoms with Crippen LogP contribution in [0.3, 0.4) is 0 Å². The molecule has 1 atom stereocenters. The van der Waals surface area contributed by atoms with Gasteiger partial charge in [0, 0.05) is 12.7 Å². The minimum atomic E-state index is -0.346. The van der Waals surface area contributed by atoms with Gasteiger partial charge in [-0.1, -0.05) is 6.92 Å². The lowest BCUT2D eigenvalue weighted by Crippen LogP contribution is -2.25. The third-order valence-corrected chi connectivity index (χ3v) is 2.13. The van der Waals surface area contributed by atoms with E-state index in [0.717, 1.165) is 11.4 Å². The van der Waals surface area contributed by atoms with Crippen LogP contribution in [0.1, 0.15) is 6.92 Å². The van der Waals surface area contributed by atoms with Gasteiger partial charge in [0.15, 0.2) is 0 Å². The second kappa shape index (κ2) is 5.24. The minimum Gasteiger partial charge on any atom is -0.493 e. The Balaban J connectivity index is 2.47. The number of primary amides is 1. The van der Waals surface area contributed by atoms with Crippen LogP contribution in [0.5, 0.6) is 5.75 Å². The quantitative estimate of drug-likeness (QED) is 0.765. The van der Waals surface area contributed by atoms with Gasteiger partial charge in [-0.2, -0.15) is 0 Å². The molecule has 15 heavy (non-hydrogen) atoms. The zero-order valence-corrected chi connectivity index (χ0v) is 8.99. The van der Waals surface area contributed by atoms with Gasteiger partial charge in [0.25, 0.3) is 0 Å². The largest absolute Gasteiger partial charge is 0.493 e. The first kappa shape index (κ1) is 11.4. The van der Waals surface area contributed by atoms with Crippen LogP contribution in [0.4, 0.5) is 5.69 Å². The topological polar surface area (TPSA) is 64.3 Å². The first-order valence-electron chi connectivity index (χ1n) is 4.83. The smallest absolute Gasteiger partial charge is 0.223 e. The fourth-order valence-corrected chi connectivity index (χ4v) is 1.02. The lowest BCUT2D eigenvalue weighted by Gasteiger charge is -2.10. The van der Waals surface area contributed by atoms with Crippen molar-refractivity contribution in [3.63, 3.8) is 0 Å². The fraction of sp³-hybridized carbons (Fsp3) is 0.364. The Labute approximate surface area is 89.4 Å². The fourth-order valence-electron chi connectivity index (χ4n) is 1.02. The standard InChI is InChI=1S/C11H16N2O2/c1-8(11(12)14)7-15-10-5-3-9(13-2)4-6-10/h3-6,8,13H,7H2,1-2H3,(H2,12,14). The minimum absolute atomic E-state index is 0.269. The number of hydrogen-bond acceptors (Lipinski definition) is 3. The summed E-state index contributed by atoms with van der Waals surface area (Å²) in [5, 5.41) is 3.01. The number of carbonyl (C=O) groups excluding carboxylic acids is 1. The molecule has 1 amide bonds. The number of hydrogen-bond donors (Lipinski definition) is 2. The highest BCUT2D eigenvalue weighted by molar-refractivity contribution is 5.76. The van der Waals surface area contributed by atoms with E-state index in [2.05, 4.69) is 5.32 Å². The van der Waals surface area contributed by atoms with Crippen LogP contribution in [0.15, 0.2) is 24.3 Å². The summed E-state index contributed by atoms with van der Waals surface area (Å²) in [4.78, 5) is 10.8. The molecule has 0 aliphatic carbocycles. The van der Waals surface area contributed by atoms with E-state index in [1.165, 1.54) is 0 Å². The van der Waals surface area contributed by atoms with E-state index in [9.17, 15) is 4.79 Å². The molecular weight excluding hydrogens is 192 g/mol. The van der Waals surface area contributed by atoms with E-state index in [4.69, 9.17) is 10.5 Å². The Morgan fingerprint density at radius 3 is 2.53 bits per heavy atom. The maximum absolute atomic E-state index is 10.8. The summed E-state index contributed by atoms with van der Waals surface area (Å²) in [7, 11) is 1.85. The highest BCUT2D eigenvalue weighted by atomic mass is 16.5. The molecule has 0 spiro atoms. The van der Waals surface area contributed by atoms with E-state index in [0.29, 0.717) is 6.61 Å². The highest BCUT2D eigenvalue weighted by Gasteiger charge is 2.08. The molecule has 4 nitrogen and oxygen atoms in total. The van der Waals surface area contributed by atoms with Gasteiger partial charge in [0.2, 0.25) is 5.91 Å². The Hall–Kier alpha value is -1.71. The van der Waals surface area contributed by atoms with Crippen LogP contribution < -0.4 is 15.8 Å². The number of nitrogens with two attached hydrogens (primary N) is 1. The molecule has 0 saturated carbocycles. The summed E-state index contributed by atoms with van der Waals surface area (Å²) < 4.78 is 5.40. The molecule has 0 radical (unpaired) electrons. The molecular formula is C11H16N2O2. The van der Waals surface area contributed by atoms with Crippen molar-refractivity contribution < 1.29 is 9.53 Å². The number of anilines is 1. The monoisotopic (exact) mass is 208 g/mol. The Kier molecular flexibility index (Phi) is 3.97. The van der Waals surface area contributed by atoms with Gasteiger partial charge in [0.05, 0.1) is 12.5 Å². The second-order valence-corrected chi connectivity index (χ2v) is 3.39. The third kappa shape index (κ3) is 3.50. The maximum Gasteiger partial charge on any atom is 0.223 e. The normalized spacial score (nSPS) is 11.9. The summed E-state index contributed by atoms with van der Waals surface area (Å²) in [6.07, 6.45) is 0. The van der Waals surface area contributed by atoms with Gasteiger partial charge in [-0.15, -0.1) is 0 Å². The van der Waals surface area contributed by atoms with Crippen LogP contribution >= 0.6 is 0 Å². The van der Waals surface area contributed by atoms with Gasteiger partial charge in [-0.05, 0) is 24.3 Å². The molecule has 0 bridgehead atoms. The molecule has 82 valence electrons. The van der Waals surface area contributed by atoms with Crippen LogP contribution in [-0.2, 0) is 4.79 Å². The molecule has 0 saturated heterocycles. The molecule has 0 aliphatic heterocycles. The molecule has 0 heterocycles. The Morgan fingerprint density at radius 2 is 2.07 bits per heavy atom. The molecule has 3 N–H and O–H groups in total. The van der Waals surface area contributed by atoms with Crippen molar-refractivity contribution in [1.82, 2.24) is 0 Å². The van der Waals surface area contributed by atoms with E-state index in [-0.39, 0.29) is 11.8 Å². The zero-order chi connectivity index (χ0) is 11.3. The SMILES string of the molecule is CNc1ccc(OCC(C)C(N)=O)cc1. The van der Waals surface area contributed by atoms with Crippen molar-refractivity contribution in [3.05, 3.63) is 24.3 Å². The molecule has 0 aromatic heterocycles. The molecule has 1 aromatic carbocycles. The molecule has 1 rings (SSSR count). The molecule has 0 aliphatic rings. The summed E-state index contributed by atoms with van der Waals surface area (Å²) in [5.74, 6) is 0.123. The average molecular weight is 208 g/mol. The molecule has 1 unspecified atom stereocenters. The van der Waals surface area contributed by atoms with Crippen LogP contribution in [0, 0.1) is 5.92 Å². The number of benzene rings is 1. The lowest BCUT2D eigenvalue weighted by molar-refractivity contribution is -0.122. The van der Waals surface area contributed by atoms with Crippen molar-refractivity contribution in [2.75, 3.05) is 19.0 Å². The van der Waals surface area contributed by atoms with Crippen LogP contribution in [0.2, 0.25) is 0 Å². The second-order valence-electron chi connectivity index (χ2n) is 3.39. The van der Waals surface area contributed by atoms with Gasteiger partial charge in [-0.3, -0.25) is 4.79 Å². The van der Waals surface area contributed by atoms with E-state index < -0.39 is 0 Å². The Bertz CT molecular complexity index is 322. The predicted octanol–water partition coefficient (Wildman–Crippen LogP) is 1.23. The average Bonchev–Trinajstić information content (AvgIpc) is 2.26. The van der Waals surface area contributed by atoms with Crippen molar-refractivity contribution in [3.8, 4) is 5.75 Å². The van der Waals surface area contributed by atoms with Crippen molar-refractivity contribution in [1.29, 1.82) is 0 Å². The van der Waals surface area contributed by atoms with Gasteiger partial charge in [0.1, 0.15) is 5.75 Å². The Morgan fingerprint density at radius 1 is 1.47 bits per heavy atom.